The van der Waals surface area contributed by atoms with Crippen molar-refractivity contribution in [3.63, 3.8) is 0 Å². The fourth-order valence-electron chi connectivity index (χ4n) is 3.42. The van der Waals surface area contributed by atoms with Crippen LogP contribution >= 0.6 is 23.4 Å². The van der Waals surface area contributed by atoms with E-state index in [2.05, 4.69) is 5.32 Å². The molecule has 0 aliphatic carbocycles. The quantitative estimate of drug-likeness (QED) is 0.320. The Kier molecular flexibility index (Phi) is 6.63. The largest absolute Gasteiger partial charge is 0.351 e. The number of para-hydroxylation sites is 1. The molecule has 0 spiro atoms. The Hall–Kier alpha value is -3.09. The van der Waals surface area contributed by atoms with Gasteiger partial charge in [-0.25, -0.2) is 4.98 Å². The average molecular weight is 464 g/mol. The molecule has 0 aliphatic heterocycles. The molecule has 1 heterocycles. The van der Waals surface area contributed by atoms with Crippen molar-refractivity contribution >= 4 is 40.2 Å². The summed E-state index contributed by atoms with van der Waals surface area (Å²) in [6.45, 7) is 4.33. The Morgan fingerprint density at radius 1 is 1.03 bits per heavy atom. The predicted molar refractivity (Wildman–Crippen MR) is 131 cm³/mol. The summed E-state index contributed by atoms with van der Waals surface area (Å²) in [4.78, 5) is 30.6. The van der Waals surface area contributed by atoms with Crippen LogP contribution in [0, 0.1) is 13.8 Å². The first kappa shape index (κ1) is 22.1. The number of halogens is 1. The third-order valence-electron chi connectivity index (χ3n) is 5.33. The summed E-state index contributed by atoms with van der Waals surface area (Å²) in [5.41, 5.74) is 4.16. The zero-order valence-electron chi connectivity index (χ0n) is 17.8. The minimum absolute atomic E-state index is 0.125. The van der Waals surface area contributed by atoms with E-state index in [4.69, 9.17) is 16.6 Å². The number of nitrogens with zero attached hydrogens (tertiary/aromatic N) is 2. The minimum Gasteiger partial charge on any atom is -0.351 e. The lowest BCUT2D eigenvalue weighted by molar-refractivity contribution is -0.118. The van der Waals surface area contributed by atoms with Crippen molar-refractivity contribution in [3.8, 4) is 5.69 Å². The van der Waals surface area contributed by atoms with Crippen LogP contribution in [0.1, 0.15) is 16.7 Å². The molecule has 0 bridgehead atoms. The van der Waals surface area contributed by atoms with E-state index in [9.17, 15) is 9.59 Å². The highest BCUT2D eigenvalue weighted by Crippen LogP contribution is 2.24. The molecule has 0 atom stereocenters. The molecule has 0 fully saturated rings. The van der Waals surface area contributed by atoms with Gasteiger partial charge >= 0.3 is 0 Å². The average Bonchev–Trinajstić information content (AvgIpc) is 2.79. The van der Waals surface area contributed by atoms with Crippen molar-refractivity contribution < 1.29 is 4.79 Å². The van der Waals surface area contributed by atoms with Crippen LogP contribution in [-0.4, -0.2) is 21.2 Å². The van der Waals surface area contributed by atoms with E-state index < -0.39 is 0 Å². The van der Waals surface area contributed by atoms with E-state index in [1.54, 1.807) is 16.7 Å². The van der Waals surface area contributed by atoms with Gasteiger partial charge in [-0.3, -0.25) is 14.2 Å². The number of carbonyl (C=O) groups excluding carboxylic acids is 1. The van der Waals surface area contributed by atoms with Crippen LogP contribution in [-0.2, 0) is 11.3 Å². The van der Waals surface area contributed by atoms with Crippen molar-refractivity contribution in [2.24, 2.45) is 0 Å². The second-order valence-electron chi connectivity index (χ2n) is 7.43. The molecular formula is C25H22ClN3O2S. The summed E-state index contributed by atoms with van der Waals surface area (Å²) in [6, 6.07) is 20.5. The van der Waals surface area contributed by atoms with Crippen LogP contribution in [0.4, 0.5) is 0 Å². The molecule has 3 aromatic carbocycles. The summed E-state index contributed by atoms with van der Waals surface area (Å²) < 4.78 is 1.61. The van der Waals surface area contributed by atoms with Gasteiger partial charge in [-0.1, -0.05) is 65.8 Å². The monoisotopic (exact) mass is 463 g/mol. The van der Waals surface area contributed by atoms with Crippen molar-refractivity contribution in [2.45, 2.75) is 25.5 Å². The van der Waals surface area contributed by atoms with E-state index in [0.717, 1.165) is 22.4 Å². The van der Waals surface area contributed by atoms with Crippen LogP contribution in [0.5, 0.6) is 0 Å². The second-order valence-corrected chi connectivity index (χ2v) is 8.78. The third kappa shape index (κ3) is 4.56. The Labute approximate surface area is 195 Å². The molecule has 162 valence electrons. The number of carbonyl (C=O) groups is 1. The van der Waals surface area contributed by atoms with Gasteiger partial charge in [0.15, 0.2) is 5.16 Å². The summed E-state index contributed by atoms with van der Waals surface area (Å²) in [5.74, 6) is -0.0371. The molecule has 0 aliphatic rings. The zero-order chi connectivity index (χ0) is 22.7. The first-order valence-electron chi connectivity index (χ1n) is 10.2. The molecule has 1 amide bonds. The fraction of sp³-hybridized carbons (Fsp3) is 0.160. The number of fused-ring (bicyclic) bond motifs is 1. The van der Waals surface area contributed by atoms with E-state index in [1.807, 2.05) is 68.4 Å². The minimum atomic E-state index is -0.162. The first-order valence-corrected chi connectivity index (χ1v) is 11.5. The Morgan fingerprint density at radius 2 is 1.78 bits per heavy atom. The van der Waals surface area contributed by atoms with Crippen molar-refractivity contribution in [1.82, 2.24) is 14.9 Å². The van der Waals surface area contributed by atoms with Crippen molar-refractivity contribution in [2.75, 3.05) is 5.75 Å². The summed E-state index contributed by atoms with van der Waals surface area (Å²) >= 11 is 7.40. The first-order chi connectivity index (χ1) is 15.5. The lowest BCUT2D eigenvalue weighted by Crippen LogP contribution is -2.26. The number of rotatable bonds is 6. The maximum absolute atomic E-state index is 13.4. The number of aromatic nitrogens is 2. The highest BCUT2D eigenvalue weighted by Gasteiger charge is 2.16. The maximum atomic E-state index is 13.4. The van der Waals surface area contributed by atoms with Gasteiger partial charge in [0.2, 0.25) is 5.91 Å². The van der Waals surface area contributed by atoms with Gasteiger partial charge < -0.3 is 5.32 Å². The SMILES string of the molecule is Cc1cccc(-n2c(SCC(=O)NCc3ccccc3Cl)nc3ccccc3c2=O)c1C. The van der Waals surface area contributed by atoms with Crippen LogP contribution in [0.3, 0.4) is 0 Å². The lowest BCUT2D eigenvalue weighted by Gasteiger charge is -2.16. The molecule has 4 rings (SSSR count). The molecule has 1 N–H and O–H groups in total. The van der Waals surface area contributed by atoms with Crippen LogP contribution in [0.2, 0.25) is 5.02 Å². The maximum Gasteiger partial charge on any atom is 0.266 e. The highest BCUT2D eigenvalue weighted by atomic mass is 35.5. The van der Waals surface area contributed by atoms with Crippen molar-refractivity contribution in [1.29, 1.82) is 0 Å². The Balaban J connectivity index is 1.64. The van der Waals surface area contributed by atoms with E-state index in [-0.39, 0.29) is 17.2 Å². The second kappa shape index (κ2) is 9.59. The van der Waals surface area contributed by atoms with Gasteiger partial charge in [0, 0.05) is 11.6 Å². The molecule has 32 heavy (non-hydrogen) atoms. The molecule has 0 saturated carbocycles. The van der Waals surface area contributed by atoms with Crippen molar-refractivity contribution in [3.05, 3.63) is 98.8 Å². The van der Waals surface area contributed by atoms with E-state index in [1.165, 1.54) is 11.8 Å². The van der Waals surface area contributed by atoms with Crippen LogP contribution < -0.4 is 10.9 Å². The van der Waals surface area contributed by atoms with Gasteiger partial charge in [0.1, 0.15) is 0 Å². The lowest BCUT2D eigenvalue weighted by atomic mass is 10.1. The molecule has 7 heteroatoms. The van der Waals surface area contributed by atoms with Crippen LogP contribution in [0.15, 0.2) is 76.7 Å². The predicted octanol–water partition coefficient (Wildman–Crippen LogP) is 5.06. The van der Waals surface area contributed by atoms with Gasteiger partial charge in [-0.2, -0.15) is 0 Å². The molecule has 4 aromatic rings. The smallest absolute Gasteiger partial charge is 0.266 e. The van der Waals surface area contributed by atoms with Crippen LogP contribution in [0.25, 0.3) is 16.6 Å². The summed E-state index contributed by atoms with van der Waals surface area (Å²) in [7, 11) is 0. The molecule has 1 aromatic heterocycles. The number of thioether (sulfide) groups is 1. The highest BCUT2D eigenvalue weighted by molar-refractivity contribution is 7.99. The number of hydrogen-bond acceptors (Lipinski definition) is 4. The summed E-state index contributed by atoms with van der Waals surface area (Å²) in [5, 5.41) is 4.52. The van der Waals surface area contributed by atoms with Gasteiger partial charge in [-0.05, 0) is 54.8 Å². The topological polar surface area (TPSA) is 64.0 Å². The summed E-state index contributed by atoms with van der Waals surface area (Å²) in [6.07, 6.45) is 0. The zero-order valence-corrected chi connectivity index (χ0v) is 19.3. The Morgan fingerprint density at radius 3 is 2.59 bits per heavy atom. The van der Waals surface area contributed by atoms with Gasteiger partial charge in [0.05, 0.1) is 22.3 Å². The van der Waals surface area contributed by atoms with E-state index in [0.29, 0.717) is 27.6 Å². The van der Waals surface area contributed by atoms with Gasteiger partial charge in [0.25, 0.3) is 5.56 Å². The molecule has 0 saturated heterocycles. The number of amides is 1. The third-order valence-corrected chi connectivity index (χ3v) is 6.64. The van der Waals surface area contributed by atoms with E-state index >= 15 is 0 Å². The molecular weight excluding hydrogens is 442 g/mol. The number of hydrogen-bond donors (Lipinski definition) is 1. The normalized spacial score (nSPS) is 11.0. The fourth-order valence-corrected chi connectivity index (χ4v) is 4.45. The Bertz CT molecular complexity index is 1370. The molecule has 0 unspecified atom stereocenters. The molecule has 0 radical (unpaired) electrons. The number of aryl methyl sites for hydroxylation is 1. The van der Waals surface area contributed by atoms with Gasteiger partial charge in [-0.15, -0.1) is 0 Å². The number of nitrogens with one attached hydrogen (secondary N) is 1. The standard InChI is InChI=1S/C25H22ClN3O2S/c1-16-8-7-13-22(17(16)2)29-24(31)19-10-4-6-12-21(19)28-25(29)32-15-23(30)27-14-18-9-3-5-11-20(18)26/h3-13H,14-15H2,1-2H3,(H,27,30). The number of benzene rings is 3. The molecule has 5 nitrogen and oxygen atoms in total.